The molecular formula is C16H14Cl2N2O3. The van der Waals surface area contributed by atoms with E-state index in [0.717, 1.165) is 0 Å². The number of amides is 1. The average Bonchev–Trinajstić information content (AvgIpc) is 2.51. The van der Waals surface area contributed by atoms with Crippen molar-refractivity contribution in [1.82, 2.24) is 0 Å². The second-order valence-electron chi connectivity index (χ2n) is 4.72. The molecule has 23 heavy (non-hydrogen) atoms. The highest BCUT2D eigenvalue weighted by atomic mass is 35.5. The van der Waals surface area contributed by atoms with E-state index in [-0.39, 0.29) is 27.0 Å². The van der Waals surface area contributed by atoms with Gasteiger partial charge in [-0.25, -0.2) is 4.79 Å². The lowest BCUT2D eigenvalue weighted by Crippen LogP contribution is -2.30. The molecule has 2 aromatic carbocycles. The van der Waals surface area contributed by atoms with Gasteiger partial charge in [-0.05, 0) is 31.2 Å². The van der Waals surface area contributed by atoms with Crippen LogP contribution in [-0.2, 0) is 9.53 Å². The molecular weight excluding hydrogens is 339 g/mol. The van der Waals surface area contributed by atoms with Gasteiger partial charge in [0.2, 0.25) is 0 Å². The number of carbonyl (C=O) groups excluding carboxylic acids is 2. The Bertz CT molecular complexity index is 730. The molecule has 1 atom stereocenters. The van der Waals surface area contributed by atoms with Crippen molar-refractivity contribution in [2.45, 2.75) is 13.0 Å². The maximum Gasteiger partial charge on any atom is 0.341 e. The number of halogens is 2. The van der Waals surface area contributed by atoms with Gasteiger partial charge in [0.25, 0.3) is 5.91 Å². The van der Waals surface area contributed by atoms with E-state index < -0.39 is 18.0 Å². The Morgan fingerprint density at radius 2 is 1.70 bits per heavy atom. The third kappa shape index (κ3) is 4.15. The SMILES string of the molecule is C[C@H](OC(=O)c1ccccc1N)C(=O)Nc1c(Cl)cccc1Cl. The number of rotatable bonds is 4. The highest BCUT2D eigenvalue weighted by Gasteiger charge is 2.21. The monoisotopic (exact) mass is 352 g/mol. The molecule has 5 nitrogen and oxygen atoms in total. The van der Waals surface area contributed by atoms with Crippen LogP contribution in [-0.4, -0.2) is 18.0 Å². The molecule has 0 fully saturated rings. The molecule has 0 bridgehead atoms. The molecule has 0 radical (unpaired) electrons. The Morgan fingerprint density at radius 1 is 1.09 bits per heavy atom. The van der Waals surface area contributed by atoms with Gasteiger partial charge in [0.05, 0.1) is 21.3 Å². The molecule has 0 aliphatic carbocycles. The first-order chi connectivity index (χ1) is 10.9. The molecule has 1 amide bonds. The predicted octanol–water partition coefficient (Wildman–Crippen LogP) is 3.76. The van der Waals surface area contributed by atoms with Crippen LogP contribution in [0.15, 0.2) is 42.5 Å². The predicted molar refractivity (Wildman–Crippen MR) is 90.8 cm³/mol. The number of hydrogen-bond acceptors (Lipinski definition) is 4. The number of ether oxygens (including phenoxy) is 1. The van der Waals surface area contributed by atoms with Crippen LogP contribution >= 0.6 is 23.2 Å². The van der Waals surface area contributed by atoms with Crippen LogP contribution in [0.4, 0.5) is 11.4 Å². The minimum Gasteiger partial charge on any atom is -0.449 e. The second kappa shape index (κ2) is 7.35. The maximum atomic E-state index is 12.1. The summed E-state index contributed by atoms with van der Waals surface area (Å²) in [6.07, 6.45) is -1.05. The van der Waals surface area contributed by atoms with Crippen molar-refractivity contribution in [3.8, 4) is 0 Å². The van der Waals surface area contributed by atoms with Crippen molar-refractivity contribution in [2.75, 3.05) is 11.1 Å². The zero-order valence-corrected chi connectivity index (χ0v) is 13.7. The van der Waals surface area contributed by atoms with E-state index in [9.17, 15) is 9.59 Å². The van der Waals surface area contributed by atoms with Gasteiger partial charge in [-0.15, -0.1) is 0 Å². The van der Waals surface area contributed by atoms with Crippen molar-refractivity contribution in [3.63, 3.8) is 0 Å². The van der Waals surface area contributed by atoms with Gasteiger partial charge in [0.15, 0.2) is 6.10 Å². The molecule has 0 aromatic heterocycles. The van der Waals surface area contributed by atoms with E-state index in [1.54, 1.807) is 36.4 Å². The lowest BCUT2D eigenvalue weighted by atomic mass is 10.2. The van der Waals surface area contributed by atoms with Crippen LogP contribution in [0.3, 0.4) is 0 Å². The molecule has 2 aromatic rings. The molecule has 0 saturated heterocycles. The third-order valence-corrected chi connectivity index (χ3v) is 3.67. The Kier molecular flexibility index (Phi) is 5.47. The number of esters is 1. The summed E-state index contributed by atoms with van der Waals surface area (Å²) in [7, 11) is 0. The summed E-state index contributed by atoms with van der Waals surface area (Å²) in [5.41, 5.74) is 6.44. The van der Waals surface area contributed by atoms with E-state index >= 15 is 0 Å². The summed E-state index contributed by atoms with van der Waals surface area (Å²) in [5.74, 6) is -1.24. The quantitative estimate of drug-likeness (QED) is 0.648. The lowest BCUT2D eigenvalue weighted by molar-refractivity contribution is -0.123. The van der Waals surface area contributed by atoms with Crippen LogP contribution in [0.1, 0.15) is 17.3 Å². The fourth-order valence-electron chi connectivity index (χ4n) is 1.80. The van der Waals surface area contributed by atoms with E-state index in [0.29, 0.717) is 0 Å². The molecule has 7 heteroatoms. The molecule has 0 aliphatic heterocycles. The van der Waals surface area contributed by atoms with Crippen molar-refractivity contribution in [2.24, 2.45) is 0 Å². The van der Waals surface area contributed by atoms with Crippen molar-refractivity contribution in [1.29, 1.82) is 0 Å². The number of nitrogens with two attached hydrogens (primary N) is 1. The van der Waals surface area contributed by atoms with E-state index in [1.807, 2.05) is 0 Å². The lowest BCUT2D eigenvalue weighted by Gasteiger charge is -2.15. The van der Waals surface area contributed by atoms with Crippen LogP contribution in [0.25, 0.3) is 0 Å². The second-order valence-corrected chi connectivity index (χ2v) is 5.54. The molecule has 0 saturated carbocycles. The van der Waals surface area contributed by atoms with Crippen LogP contribution in [0.5, 0.6) is 0 Å². The summed E-state index contributed by atoms with van der Waals surface area (Å²) in [4.78, 5) is 24.2. The number of nitrogens with one attached hydrogen (secondary N) is 1. The van der Waals surface area contributed by atoms with Crippen LogP contribution < -0.4 is 11.1 Å². The smallest absolute Gasteiger partial charge is 0.341 e. The number of para-hydroxylation sites is 2. The first kappa shape index (κ1) is 17.1. The summed E-state index contributed by atoms with van der Waals surface area (Å²) in [6.45, 7) is 1.44. The Hall–Kier alpha value is -2.24. The van der Waals surface area contributed by atoms with Gasteiger partial charge < -0.3 is 15.8 Å². The Balaban J connectivity index is 2.06. The van der Waals surface area contributed by atoms with Gasteiger partial charge in [-0.1, -0.05) is 41.4 Å². The fraction of sp³-hybridized carbons (Fsp3) is 0.125. The van der Waals surface area contributed by atoms with Gasteiger partial charge >= 0.3 is 5.97 Å². The maximum absolute atomic E-state index is 12.1. The molecule has 3 N–H and O–H groups in total. The Labute approximate surface area is 143 Å². The first-order valence-electron chi connectivity index (χ1n) is 6.70. The van der Waals surface area contributed by atoms with Gasteiger partial charge in [-0.2, -0.15) is 0 Å². The van der Waals surface area contributed by atoms with Crippen molar-refractivity contribution < 1.29 is 14.3 Å². The van der Waals surface area contributed by atoms with Gasteiger partial charge in [0, 0.05) is 5.69 Å². The molecule has 0 heterocycles. The van der Waals surface area contributed by atoms with Gasteiger partial charge in [-0.3, -0.25) is 4.79 Å². The highest BCUT2D eigenvalue weighted by Crippen LogP contribution is 2.30. The number of nitrogen functional groups attached to an aromatic ring is 1. The highest BCUT2D eigenvalue weighted by molar-refractivity contribution is 6.39. The summed E-state index contributed by atoms with van der Waals surface area (Å²) in [5, 5.41) is 3.12. The largest absolute Gasteiger partial charge is 0.449 e. The standard InChI is InChI=1S/C16H14Cl2N2O3/c1-9(23-16(22)10-5-2-3-8-13(10)19)15(21)20-14-11(17)6-4-7-12(14)18/h2-9H,19H2,1H3,(H,20,21)/t9-/m0/s1. The average molecular weight is 353 g/mol. The van der Waals surface area contributed by atoms with E-state index in [4.69, 9.17) is 33.7 Å². The first-order valence-corrected chi connectivity index (χ1v) is 7.46. The van der Waals surface area contributed by atoms with Crippen molar-refractivity contribution in [3.05, 3.63) is 58.1 Å². The number of anilines is 2. The fourth-order valence-corrected chi connectivity index (χ4v) is 2.29. The normalized spacial score (nSPS) is 11.6. The number of hydrogen-bond donors (Lipinski definition) is 2. The Morgan fingerprint density at radius 3 is 2.30 bits per heavy atom. The zero-order valence-electron chi connectivity index (χ0n) is 12.2. The molecule has 120 valence electrons. The molecule has 2 rings (SSSR count). The van der Waals surface area contributed by atoms with E-state index in [2.05, 4.69) is 5.32 Å². The minimum atomic E-state index is -1.05. The third-order valence-electron chi connectivity index (χ3n) is 3.04. The van der Waals surface area contributed by atoms with Crippen LogP contribution in [0.2, 0.25) is 10.0 Å². The molecule has 0 aliphatic rings. The number of carbonyl (C=O) groups is 2. The topological polar surface area (TPSA) is 81.4 Å². The zero-order chi connectivity index (χ0) is 17.0. The molecule has 0 unspecified atom stereocenters. The summed E-state index contributed by atoms with van der Waals surface area (Å²) in [6, 6.07) is 11.3. The van der Waals surface area contributed by atoms with Crippen molar-refractivity contribution >= 4 is 46.5 Å². The summed E-state index contributed by atoms with van der Waals surface area (Å²) >= 11 is 12.0. The minimum absolute atomic E-state index is 0.197. The summed E-state index contributed by atoms with van der Waals surface area (Å²) < 4.78 is 5.11. The molecule has 0 spiro atoms. The van der Waals surface area contributed by atoms with E-state index in [1.165, 1.54) is 13.0 Å². The van der Waals surface area contributed by atoms with Gasteiger partial charge in [0.1, 0.15) is 0 Å². The van der Waals surface area contributed by atoms with Crippen LogP contribution in [0, 0.1) is 0 Å². The number of benzene rings is 2.